The normalized spacial score (nSPS) is 16.3. The standard InChI is InChI=1S/C20H32O/c1-3-5-10-17-14-19(16-12-8-7-9-13-16)15-18(20(17)21)11-6-4-2/h14-16,21H,3-13H2,1-2H3. The summed E-state index contributed by atoms with van der Waals surface area (Å²) in [5.74, 6) is 1.33. The Hall–Kier alpha value is -0.980. The van der Waals surface area contributed by atoms with E-state index in [1.54, 1.807) is 0 Å². The lowest BCUT2D eigenvalue weighted by atomic mass is 9.82. The number of aryl methyl sites for hydroxylation is 2. The number of benzene rings is 1. The van der Waals surface area contributed by atoms with Gasteiger partial charge in [0.1, 0.15) is 5.75 Å². The van der Waals surface area contributed by atoms with E-state index in [2.05, 4.69) is 26.0 Å². The van der Waals surface area contributed by atoms with Gasteiger partial charge in [-0.3, -0.25) is 0 Å². The van der Waals surface area contributed by atoms with Crippen LogP contribution in [0.1, 0.15) is 94.2 Å². The topological polar surface area (TPSA) is 20.2 Å². The molecule has 0 aromatic heterocycles. The van der Waals surface area contributed by atoms with Gasteiger partial charge in [-0.1, -0.05) is 58.1 Å². The van der Waals surface area contributed by atoms with Crippen LogP contribution in [0.5, 0.6) is 5.75 Å². The fourth-order valence-electron chi connectivity index (χ4n) is 3.57. The first-order chi connectivity index (χ1) is 10.3. The summed E-state index contributed by atoms with van der Waals surface area (Å²) in [5.41, 5.74) is 3.90. The maximum Gasteiger partial charge on any atom is 0.121 e. The number of hydrogen-bond acceptors (Lipinski definition) is 1. The van der Waals surface area contributed by atoms with Crippen LogP contribution in [0.15, 0.2) is 12.1 Å². The smallest absolute Gasteiger partial charge is 0.121 e. The van der Waals surface area contributed by atoms with Crippen molar-refractivity contribution < 1.29 is 5.11 Å². The second-order valence-electron chi connectivity index (χ2n) is 6.73. The van der Waals surface area contributed by atoms with Crippen LogP contribution in [0, 0.1) is 0 Å². The molecule has 0 aliphatic heterocycles. The van der Waals surface area contributed by atoms with Gasteiger partial charge < -0.3 is 5.11 Å². The average molecular weight is 288 g/mol. The predicted molar refractivity (Wildman–Crippen MR) is 91.2 cm³/mol. The SMILES string of the molecule is CCCCc1cc(C2CCCCC2)cc(CCCC)c1O. The molecule has 2 rings (SSSR count). The molecule has 1 fully saturated rings. The van der Waals surface area contributed by atoms with Crippen molar-refractivity contribution in [3.8, 4) is 5.75 Å². The summed E-state index contributed by atoms with van der Waals surface area (Å²) in [6, 6.07) is 4.63. The Morgan fingerprint density at radius 1 is 0.905 bits per heavy atom. The Morgan fingerprint density at radius 3 is 1.90 bits per heavy atom. The maximum atomic E-state index is 10.6. The quantitative estimate of drug-likeness (QED) is 0.640. The van der Waals surface area contributed by atoms with Crippen LogP contribution >= 0.6 is 0 Å². The molecule has 1 aliphatic carbocycles. The summed E-state index contributed by atoms with van der Waals surface area (Å²) < 4.78 is 0. The van der Waals surface area contributed by atoms with E-state index in [4.69, 9.17) is 0 Å². The third-order valence-corrected chi connectivity index (χ3v) is 4.97. The van der Waals surface area contributed by atoms with Crippen molar-refractivity contribution in [2.45, 2.75) is 90.4 Å². The Balaban J connectivity index is 2.25. The van der Waals surface area contributed by atoms with E-state index in [0.717, 1.165) is 18.8 Å². The van der Waals surface area contributed by atoms with E-state index in [-0.39, 0.29) is 0 Å². The van der Waals surface area contributed by atoms with Gasteiger partial charge in [-0.05, 0) is 61.1 Å². The van der Waals surface area contributed by atoms with Crippen LogP contribution in [-0.2, 0) is 12.8 Å². The first kappa shape index (κ1) is 16.4. The van der Waals surface area contributed by atoms with Crippen LogP contribution < -0.4 is 0 Å². The van der Waals surface area contributed by atoms with Crippen molar-refractivity contribution in [1.82, 2.24) is 0 Å². The number of unbranched alkanes of at least 4 members (excludes halogenated alkanes) is 2. The van der Waals surface area contributed by atoms with Crippen molar-refractivity contribution in [3.05, 3.63) is 28.8 Å². The van der Waals surface area contributed by atoms with Crippen LogP contribution in [-0.4, -0.2) is 5.11 Å². The van der Waals surface area contributed by atoms with Gasteiger partial charge in [0.15, 0.2) is 0 Å². The molecule has 0 bridgehead atoms. The average Bonchev–Trinajstić information content (AvgIpc) is 2.53. The lowest BCUT2D eigenvalue weighted by Gasteiger charge is -2.24. The first-order valence-electron chi connectivity index (χ1n) is 9.10. The Bertz CT molecular complexity index is 400. The number of phenolic OH excluding ortho intramolecular Hbond substituents is 1. The third kappa shape index (κ3) is 4.49. The highest BCUT2D eigenvalue weighted by atomic mass is 16.3. The van der Waals surface area contributed by atoms with Gasteiger partial charge in [-0.25, -0.2) is 0 Å². The van der Waals surface area contributed by atoms with E-state index in [1.807, 2.05) is 0 Å². The Morgan fingerprint density at radius 2 is 1.43 bits per heavy atom. The second-order valence-corrected chi connectivity index (χ2v) is 6.73. The van der Waals surface area contributed by atoms with Crippen molar-refractivity contribution in [2.24, 2.45) is 0 Å². The van der Waals surface area contributed by atoms with Crippen molar-refractivity contribution in [1.29, 1.82) is 0 Å². The summed E-state index contributed by atoms with van der Waals surface area (Å²) in [6.07, 6.45) is 13.6. The van der Waals surface area contributed by atoms with Crippen molar-refractivity contribution in [2.75, 3.05) is 0 Å². The number of rotatable bonds is 7. The lowest BCUT2D eigenvalue weighted by molar-refractivity contribution is 0.438. The summed E-state index contributed by atoms with van der Waals surface area (Å²) in [6.45, 7) is 4.44. The molecule has 0 unspecified atom stereocenters. The molecular weight excluding hydrogens is 256 g/mol. The van der Waals surface area contributed by atoms with Crippen LogP contribution in [0.4, 0.5) is 0 Å². The summed E-state index contributed by atoms with van der Waals surface area (Å²) in [4.78, 5) is 0. The summed E-state index contributed by atoms with van der Waals surface area (Å²) in [5, 5.41) is 10.6. The predicted octanol–water partition coefficient (Wildman–Crippen LogP) is 6.13. The number of hydrogen-bond donors (Lipinski definition) is 1. The van der Waals surface area contributed by atoms with Crippen LogP contribution in [0.3, 0.4) is 0 Å². The molecule has 1 aromatic carbocycles. The fourth-order valence-corrected chi connectivity index (χ4v) is 3.57. The minimum atomic E-state index is 0.594. The van der Waals surface area contributed by atoms with E-state index in [9.17, 15) is 5.11 Å². The minimum Gasteiger partial charge on any atom is -0.507 e. The summed E-state index contributed by atoms with van der Waals surface area (Å²) in [7, 11) is 0. The molecule has 118 valence electrons. The molecular formula is C20H32O. The minimum absolute atomic E-state index is 0.594. The number of phenols is 1. The molecule has 0 saturated heterocycles. The largest absolute Gasteiger partial charge is 0.507 e. The highest BCUT2D eigenvalue weighted by Crippen LogP contribution is 2.37. The van der Waals surface area contributed by atoms with Crippen LogP contribution in [0.25, 0.3) is 0 Å². The van der Waals surface area contributed by atoms with Gasteiger partial charge in [0.2, 0.25) is 0 Å². The Labute approximate surface area is 130 Å². The summed E-state index contributed by atoms with van der Waals surface area (Å²) >= 11 is 0. The van der Waals surface area contributed by atoms with Gasteiger partial charge in [0.25, 0.3) is 0 Å². The molecule has 1 nitrogen and oxygen atoms in total. The van der Waals surface area contributed by atoms with Gasteiger partial charge in [0.05, 0.1) is 0 Å². The molecule has 1 N–H and O–H groups in total. The molecule has 0 spiro atoms. The maximum absolute atomic E-state index is 10.6. The molecule has 1 heteroatoms. The van der Waals surface area contributed by atoms with E-state index >= 15 is 0 Å². The molecule has 0 radical (unpaired) electrons. The highest BCUT2D eigenvalue weighted by Gasteiger charge is 2.18. The van der Waals surface area contributed by atoms with Crippen molar-refractivity contribution >= 4 is 0 Å². The molecule has 21 heavy (non-hydrogen) atoms. The van der Waals surface area contributed by atoms with Gasteiger partial charge in [0, 0.05) is 0 Å². The van der Waals surface area contributed by atoms with Gasteiger partial charge in [-0.15, -0.1) is 0 Å². The molecule has 1 aromatic rings. The third-order valence-electron chi connectivity index (χ3n) is 4.97. The zero-order valence-electron chi connectivity index (χ0n) is 14.0. The molecule has 1 saturated carbocycles. The molecule has 0 amide bonds. The molecule has 1 aliphatic rings. The molecule has 0 atom stereocenters. The zero-order chi connectivity index (χ0) is 15.1. The van der Waals surface area contributed by atoms with Gasteiger partial charge >= 0.3 is 0 Å². The van der Waals surface area contributed by atoms with Crippen LogP contribution in [0.2, 0.25) is 0 Å². The van der Waals surface area contributed by atoms with Gasteiger partial charge in [-0.2, -0.15) is 0 Å². The monoisotopic (exact) mass is 288 g/mol. The Kier molecular flexibility index (Phi) is 6.60. The molecule has 0 heterocycles. The van der Waals surface area contributed by atoms with E-state index in [0.29, 0.717) is 5.75 Å². The van der Waals surface area contributed by atoms with E-state index in [1.165, 1.54) is 74.5 Å². The number of aromatic hydroxyl groups is 1. The van der Waals surface area contributed by atoms with E-state index < -0.39 is 0 Å². The van der Waals surface area contributed by atoms with Crippen molar-refractivity contribution in [3.63, 3.8) is 0 Å². The highest BCUT2D eigenvalue weighted by molar-refractivity contribution is 5.45. The first-order valence-corrected chi connectivity index (χ1v) is 9.10. The second kappa shape index (κ2) is 8.46. The lowest BCUT2D eigenvalue weighted by Crippen LogP contribution is -2.06. The fraction of sp³-hybridized carbons (Fsp3) is 0.700. The zero-order valence-corrected chi connectivity index (χ0v) is 14.0.